The average Bonchev–Trinajstić information content (AvgIpc) is 2.83. The van der Waals surface area contributed by atoms with Gasteiger partial charge in [0, 0.05) is 18.7 Å². The molecule has 5 heteroatoms. The van der Waals surface area contributed by atoms with Gasteiger partial charge in [-0.15, -0.1) is 0 Å². The molecule has 0 atom stereocenters. The van der Waals surface area contributed by atoms with Gasteiger partial charge in [0.2, 0.25) is 0 Å². The molecule has 1 aromatic carbocycles. The molecule has 1 heterocycles. The number of benzene rings is 1. The zero-order valence-electron chi connectivity index (χ0n) is 12.3. The van der Waals surface area contributed by atoms with E-state index in [0.717, 1.165) is 29.2 Å². The fraction of sp³-hybridized carbons (Fsp3) is 0.467. The third-order valence-electron chi connectivity index (χ3n) is 3.09. The molecule has 0 radical (unpaired) electrons. The SMILES string of the molecule is Cc1cccc(CN)c1OCc1ncnn1CC(C)C. The summed E-state index contributed by atoms with van der Waals surface area (Å²) in [5, 5.41) is 4.23. The van der Waals surface area contributed by atoms with Crippen LogP contribution >= 0.6 is 0 Å². The van der Waals surface area contributed by atoms with Crippen molar-refractivity contribution in [2.45, 2.75) is 40.5 Å². The molecule has 2 aromatic rings. The van der Waals surface area contributed by atoms with E-state index in [4.69, 9.17) is 10.5 Å². The summed E-state index contributed by atoms with van der Waals surface area (Å²) < 4.78 is 7.82. The van der Waals surface area contributed by atoms with Crippen LogP contribution in [0, 0.1) is 12.8 Å². The lowest BCUT2D eigenvalue weighted by atomic mass is 10.1. The highest BCUT2D eigenvalue weighted by molar-refractivity contribution is 5.40. The van der Waals surface area contributed by atoms with Crippen molar-refractivity contribution in [3.8, 4) is 5.75 Å². The second kappa shape index (κ2) is 6.52. The molecule has 0 unspecified atom stereocenters. The summed E-state index contributed by atoms with van der Waals surface area (Å²) in [6, 6.07) is 6.00. The minimum Gasteiger partial charge on any atom is -0.485 e. The first-order valence-corrected chi connectivity index (χ1v) is 6.89. The topological polar surface area (TPSA) is 66.0 Å². The van der Waals surface area contributed by atoms with Crippen molar-refractivity contribution in [3.05, 3.63) is 41.5 Å². The molecule has 0 bridgehead atoms. The Kier molecular flexibility index (Phi) is 4.74. The second-order valence-electron chi connectivity index (χ2n) is 5.31. The van der Waals surface area contributed by atoms with Crippen molar-refractivity contribution in [3.63, 3.8) is 0 Å². The van der Waals surface area contributed by atoms with Gasteiger partial charge in [0.1, 0.15) is 18.7 Å². The van der Waals surface area contributed by atoms with Crippen molar-refractivity contribution in [1.82, 2.24) is 14.8 Å². The molecule has 2 N–H and O–H groups in total. The van der Waals surface area contributed by atoms with E-state index < -0.39 is 0 Å². The molecule has 1 aromatic heterocycles. The number of nitrogens with two attached hydrogens (primary N) is 1. The van der Waals surface area contributed by atoms with Crippen LogP contribution in [-0.2, 0) is 19.7 Å². The maximum absolute atomic E-state index is 5.92. The third-order valence-corrected chi connectivity index (χ3v) is 3.09. The van der Waals surface area contributed by atoms with Gasteiger partial charge in [-0.2, -0.15) is 5.10 Å². The zero-order chi connectivity index (χ0) is 14.5. The Labute approximate surface area is 119 Å². The molecule has 0 aliphatic heterocycles. The van der Waals surface area contributed by atoms with Crippen molar-refractivity contribution in [2.24, 2.45) is 11.7 Å². The first-order chi connectivity index (χ1) is 9.61. The fourth-order valence-corrected chi connectivity index (χ4v) is 2.12. The smallest absolute Gasteiger partial charge is 0.164 e. The van der Waals surface area contributed by atoms with E-state index in [-0.39, 0.29) is 0 Å². The van der Waals surface area contributed by atoms with Crippen LogP contribution in [0.3, 0.4) is 0 Å². The lowest BCUT2D eigenvalue weighted by Crippen LogP contribution is -2.13. The molecular formula is C15H22N4O. The molecular weight excluding hydrogens is 252 g/mol. The van der Waals surface area contributed by atoms with Gasteiger partial charge in [0.15, 0.2) is 5.82 Å². The Balaban J connectivity index is 2.11. The van der Waals surface area contributed by atoms with E-state index in [2.05, 4.69) is 23.9 Å². The van der Waals surface area contributed by atoms with E-state index >= 15 is 0 Å². The zero-order valence-corrected chi connectivity index (χ0v) is 12.3. The van der Waals surface area contributed by atoms with E-state index in [1.165, 1.54) is 0 Å². The number of ether oxygens (including phenoxy) is 1. The van der Waals surface area contributed by atoms with Crippen LogP contribution in [0.15, 0.2) is 24.5 Å². The number of hydrogen-bond acceptors (Lipinski definition) is 4. The van der Waals surface area contributed by atoms with Crippen molar-refractivity contribution < 1.29 is 4.74 Å². The Morgan fingerprint density at radius 3 is 2.85 bits per heavy atom. The van der Waals surface area contributed by atoms with Crippen molar-refractivity contribution in [1.29, 1.82) is 0 Å². The molecule has 0 spiro atoms. The van der Waals surface area contributed by atoms with Gasteiger partial charge >= 0.3 is 0 Å². The van der Waals surface area contributed by atoms with E-state index in [1.54, 1.807) is 6.33 Å². The number of aryl methyl sites for hydroxylation is 1. The molecule has 0 aliphatic carbocycles. The van der Waals surface area contributed by atoms with Crippen LogP contribution in [0.2, 0.25) is 0 Å². The molecule has 0 saturated heterocycles. The number of hydrogen-bond donors (Lipinski definition) is 1. The summed E-state index contributed by atoms with van der Waals surface area (Å²) in [5.74, 6) is 2.22. The van der Waals surface area contributed by atoms with E-state index in [9.17, 15) is 0 Å². The van der Waals surface area contributed by atoms with Gasteiger partial charge in [-0.1, -0.05) is 32.0 Å². The molecule has 0 amide bonds. The molecule has 108 valence electrons. The van der Waals surface area contributed by atoms with Gasteiger partial charge in [0.05, 0.1) is 0 Å². The summed E-state index contributed by atoms with van der Waals surface area (Å²) in [6.45, 7) is 8.05. The normalized spacial score (nSPS) is 11.1. The summed E-state index contributed by atoms with van der Waals surface area (Å²) in [4.78, 5) is 4.27. The highest BCUT2D eigenvalue weighted by Gasteiger charge is 2.10. The minimum atomic E-state index is 0.407. The quantitative estimate of drug-likeness (QED) is 0.877. The molecule has 0 aliphatic rings. The molecule has 0 fully saturated rings. The van der Waals surface area contributed by atoms with Crippen LogP contribution in [0.5, 0.6) is 5.75 Å². The predicted octanol–water partition coefficient (Wildman–Crippen LogP) is 2.28. The summed E-state index contributed by atoms with van der Waals surface area (Å²) >= 11 is 0. The molecule has 20 heavy (non-hydrogen) atoms. The lowest BCUT2D eigenvalue weighted by molar-refractivity contribution is 0.278. The van der Waals surface area contributed by atoms with E-state index in [0.29, 0.717) is 19.1 Å². The lowest BCUT2D eigenvalue weighted by Gasteiger charge is -2.14. The van der Waals surface area contributed by atoms with Crippen molar-refractivity contribution >= 4 is 0 Å². The number of nitrogens with zero attached hydrogens (tertiary/aromatic N) is 3. The van der Waals surface area contributed by atoms with Crippen LogP contribution in [-0.4, -0.2) is 14.8 Å². The highest BCUT2D eigenvalue weighted by Crippen LogP contribution is 2.23. The van der Waals surface area contributed by atoms with Crippen LogP contribution in [0.4, 0.5) is 0 Å². The van der Waals surface area contributed by atoms with Crippen LogP contribution in [0.25, 0.3) is 0 Å². The summed E-state index contributed by atoms with van der Waals surface area (Å²) in [5.41, 5.74) is 7.85. The van der Waals surface area contributed by atoms with Gasteiger partial charge < -0.3 is 10.5 Å². The number of rotatable bonds is 6. The first kappa shape index (κ1) is 14.5. The average molecular weight is 274 g/mol. The van der Waals surface area contributed by atoms with Gasteiger partial charge in [-0.3, -0.25) is 0 Å². The van der Waals surface area contributed by atoms with Gasteiger partial charge in [-0.25, -0.2) is 9.67 Å². The summed E-state index contributed by atoms with van der Waals surface area (Å²) in [6.07, 6.45) is 1.57. The summed E-state index contributed by atoms with van der Waals surface area (Å²) in [7, 11) is 0. The minimum absolute atomic E-state index is 0.407. The standard InChI is InChI=1S/C15H22N4O/c1-11(2)8-19-14(17-10-18-19)9-20-15-12(3)5-4-6-13(15)7-16/h4-6,10-11H,7-9,16H2,1-3H3. The van der Waals surface area contributed by atoms with Gasteiger partial charge in [-0.05, 0) is 18.4 Å². The third kappa shape index (κ3) is 3.36. The molecule has 2 rings (SSSR count). The van der Waals surface area contributed by atoms with Crippen LogP contribution in [0.1, 0.15) is 30.8 Å². The Morgan fingerprint density at radius 1 is 1.35 bits per heavy atom. The van der Waals surface area contributed by atoms with Crippen LogP contribution < -0.4 is 10.5 Å². The monoisotopic (exact) mass is 274 g/mol. The second-order valence-corrected chi connectivity index (χ2v) is 5.31. The number of aromatic nitrogens is 3. The maximum Gasteiger partial charge on any atom is 0.164 e. The van der Waals surface area contributed by atoms with E-state index in [1.807, 2.05) is 29.8 Å². The predicted molar refractivity (Wildman–Crippen MR) is 78.3 cm³/mol. The Hall–Kier alpha value is -1.88. The maximum atomic E-state index is 5.92. The van der Waals surface area contributed by atoms with Crippen molar-refractivity contribution in [2.75, 3.05) is 0 Å². The first-order valence-electron chi connectivity index (χ1n) is 6.89. The highest BCUT2D eigenvalue weighted by atomic mass is 16.5. The number of para-hydroxylation sites is 1. The Morgan fingerprint density at radius 2 is 2.15 bits per heavy atom. The largest absolute Gasteiger partial charge is 0.485 e. The molecule has 0 saturated carbocycles. The fourth-order valence-electron chi connectivity index (χ4n) is 2.12. The molecule has 5 nitrogen and oxygen atoms in total. The van der Waals surface area contributed by atoms with Gasteiger partial charge in [0.25, 0.3) is 0 Å². The Bertz CT molecular complexity index is 563.